The summed E-state index contributed by atoms with van der Waals surface area (Å²) in [6.07, 6.45) is 0.914. The van der Waals surface area contributed by atoms with Crippen molar-refractivity contribution in [2.24, 2.45) is 0 Å². The SMILES string of the molecule is O=C(O)C1c2ccsc2CCN1Cc1cccc(Cl)c1. The van der Waals surface area contributed by atoms with Crippen molar-refractivity contribution in [2.45, 2.75) is 19.0 Å². The van der Waals surface area contributed by atoms with E-state index in [9.17, 15) is 9.90 Å². The molecule has 3 rings (SSSR count). The third kappa shape index (κ3) is 2.59. The normalized spacial score (nSPS) is 18.8. The van der Waals surface area contributed by atoms with Crippen LogP contribution in [0.25, 0.3) is 0 Å². The van der Waals surface area contributed by atoms with Crippen molar-refractivity contribution in [3.05, 3.63) is 56.7 Å². The summed E-state index contributed by atoms with van der Waals surface area (Å²) in [5.41, 5.74) is 1.98. The fourth-order valence-corrected chi connectivity index (χ4v) is 3.81. The topological polar surface area (TPSA) is 40.5 Å². The average molecular weight is 308 g/mol. The number of rotatable bonds is 3. The highest BCUT2D eigenvalue weighted by Crippen LogP contribution is 2.34. The first-order valence-corrected chi connectivity index (χ1v) is 7.68. The predicted octanol–water partition coefficient (Wildman–Crippen LogP) is 3.59. The molecule has 0 saturated carbocycles. The monoisotopic (exact) mass is 307 g/mol. The van der Waals surface area contributed by atoms with Crippen LogP contribution in [0.3, 0.4) is 0 Å². The molecule has 0 aliphatic carbocycles. The van der Waals surface area contributed by atoms with Crippen molar-refractivity contribution < 1.29 is 9.90 Å². The zero-order valence-electron chi connectivity index (χ0n) is 10.8. The van der Waals surface area contributed by atoms with E-state index in [1.54, 1.807) is 11.3 Å². The Morgan fingerprint density at radius 1 is 1.45 bits per heavy atom. The molecule has 0 radical (unpaired) electrons. The zero-order chi connectivity index (χ0) is 14.1. The Kier molecular flexibility index (Phi) is 3.78. The molecule has 1 aliphatic rings. The number of nitrogens with zero attached hydrogens (tertiary/aromatic N) is 1. The van der Waals surface area contributed by atoms with E-state index in [0.717, 1.165) is 24.1 Å². The minimum Gasteiger partial charge on any atom is -0.480 e. The van der Waals surface area contributed by atoms with Crippen molar-refractivity contribution in [1.29, 1.82) is 0 Å². The Morgan fingerprint density at radius 2 is 2.30 bits per heavy atom. The van der Waals surface area contributed by atoms with Crippen LogP contribution in [-0.4, -0.2) is 22.5 Å². The lowest BCUT2D eigenvalue weighted by atomic mass is 9.99. The van der Waals surface area contributed by atoms with Gasteiger partial charge in [-0.1, -0.05) is 23.7 Å². The number of hydrogen-bond donors (Lipinski definition) is 1. The Bertz CT molecular complexity index is 640. The van der Waals surface area contributed by atoms with E-state index in [1.165, 1.54) is 4.88 Å². The molecular weight excluding hydrogens is 294 g/mol. The molecule has 5 heteroatoms. The molecule has 1 N–H and O–H groups in total. The average Bonchev–Trinajstić information content (AvgIpc) is 2.86. The second-order valence-corrected chi connectivity index (χ2v) is 6.33. The van der Waals surface area contributed by atoms with E-state index < -0.39 is 12.0 Å². The second-order valence-electron chi connectivity index (χ2n) is 4.89. The van der Waals surface area contributed by atoms with Crippen molar-refractivity contribution in [1.82, 2.24) is 4.90 Å². The Labute approximate surface area is 126 Å². The highest BCUT2D eigenvalue weighted by molar-refractivity contribution is 7.10. The maximum Gasteiger partial charge on any atom is 0.325 e. The van der Waals surface area contributed by atoms with Gasteiger partial charge in [0.25, 0.3) is 0 Å². The number of carboxylic acids is 1. The van der Waals surface area contributed by atoms with E-state index in [2.05, 4.69) is 0 Å². The van der Waals surface area contributed by atoms with Crippen LogP contribution in [0.2, 0.25) is 5.02 Å². The van der Waals surface area contributed by atoms with Gasteiger partial charge in [0.2, 0.25) is 0 Å². The number of halogens is 1. The van der Waals surface area contributed by atoms with Gasteiger partial charge in [-0.3, -0.25) is 9.69 Å². The number of fused-ring (bicyclic) bond motifs is 1. The number of hydrogen-bond acceptors (Lipinski definition) is 3. The van der Waals surface area contributed by atoms with Gasteiger partial charge < -0.3 is 5.11 Å². The van der Waals surface area contributed by atoms with Crippen LogP contribution >= 0.6 is 22.9 Å². The number of carboxylic acid groups (broad SMARTS) is 1. The van der Waals surface area contributed by atoms with Crippen LogP contribution in [0, 0.1) is 0 Å². The van der Waals surface area contributed by atoms with Gasteiger partial charge in [-0.15, -0.1) is 11.3 Å². The summed E-state index contributed by atoms with van der Waals surface area (Å²) in [5.74, 6) is -0.786. The molecule has 1 aliphatic heterocycles. The van der Waals surface area contributed by atoms with Crippen LogP contribution in [0.1, 0.15) is 22.0 Å². The fourth-order valence-electron chi connectivity index (χ4n) is 2.70. The molecule has 0 fully saturated rings. The van der Waals surface area contributed by atoms with Gasteiger partial charge in [-0.25, -0.2) is 0 Å². The van der Waals surface area contributed by atoms with Crippen LogP contribution in [0.15, 0.2) is 35.7 Å². The van der Waals surface area contributed by atoms with E-state index in [1.807, 2.05) is 40.6 Å². The first kappa shape index (κ1) is 13.6. The third-order valence-electron chi connectivity index (χ3n) is 3.57. The van der Waals surface area contributed by atoms with Gasteiger partial charge in [0.15, 0.2) is 0 Å². The van der Waals surface area contributed by atoms with Gasteiger partial charge in [0.05, 0.1) is 0 Å². The highest BCUT2D eigenvalue weighted by atomic mass is 35.5. The molecule has 0 amide bonds. The quantitative estimate of drug-likeness (QED) is 0.942. The van der Waals surface area contributed by atoms with E-state index >= 15 is 0 Å². The Balaban J connectivity index is 1.88. The van der Waals surface area contributed by atoms with Crippen molar-refractivity contribution in [3.8, 4) is 0 Å². The molecule has 20 heavy (non-hydrogen) atoms. The van der Waals surface area contributed by atoms with Crippen LogP contribution in [-0.2, 0) is 17.8 Å². The zero-order valence-corrected chi connectivity index (χ0v) is 12.3. The maximum absolute atomic E-state index is 11.6. The second kappa shape index (κ2) is 5.56. The number of carbonyl (C=O) groups is 1. The summed E-state index contributed by atoms with van der Waals surface area (Å²) < 4.78 is 0. The smallest absolute Gasteiger partial charge is 0.325 e. The first-order chi connectivity index (χ1) is 9.65. The molecular formula is C15H14ClNO2S. The summed E-state index contributed by atoms with van der Waals surface area (Å²) in [7, 11) is 0. The highest BCUT2D eigenvalue weighted by Gasteiger charge is 2.33. The van der Waals surface area contributed by atoms with Gasteiger partial charge in [-0.05, 0) is 41.1 Å². The lowest BCUT2D eigenvalue weighted by Gasteiger charge is -2.33. The lowest BCUT2D eigenvalue weighted by Crippen LogP contribution is -2.38. The number of aliphatic carboxylic acids is 1. The summed E-state index contributed by atoms with van der Waals surface area (Å²) in [5, 5.41) is 12.2. The molecule has 0 saturated heterocycles. The molecule has 104 valence electrons. The summed E-state index contributed by atoms with van der Waals surface area (Å²) in [6.45, 7) is 1.36. The predicted molar refractivity (Wildman–Crippen MR) is 80.3 cm³/mol. The van der Waals surface area contributed by atoms with Crippen LogP contribution in [0.5, 0.6) is 0 Å². The van der Waals surface area contributed by atoms with Crippen LogP contribution in [0.4, 0.5) is 0 Å². The summed E-state index contributed by atoms with van der Waals surface area (Å²) in [6, 6.07) is 8.98. The van der Waals surface area contributed by atoms with Gasteiger partial charge in [0.1, 0.15) is 6.04 Å². The van der Waals surface area contributed by atoms with Crippen LogP contribution < -0.4 is 0 Å². The Hall–Kier alpha value is -1.36. The van der Waals surface area contributed by atoms with Gasteiger partial charge in [-0.2, -0.15) is 0 Å². The van der Waals surface area contributed by atoms with E-state index in [0.29, 0.717) is 11.6 Å². The van der Waals surface area contributed by atoms with Crippen molar-refractivity contribution in [3.63, 3.8) is 0 Å². The molecule has 0 bridgehead atoms. The number of thiophene rings is 1. The molecule has 3 nitrogen and oxygen atoms in total. The van der Waals surface area contributed by atoms with Gasteiger partial charge in [0, 0.05) is 23.0 Å². The van der Waals surface area contributed by atoms with Gasteiger partial charge >= 0.3 is 5.97 Å². The fraction of sp³-hybridized carbons (Fsp3) is 0.267. The standard InChI is InChI=1S/C15H14ClNO2S/c16-11-3-1-2-10(8-11)9-17-6-4-13-12(5-7-20-13)14(17)15(18)19/h1-3,5,7-8,14H,4,6,9H2,(H,18,19). The van der Waals surface area contributed by atoms with Crippen molar-refractivity contribution in [2.75, 3.05) is 6.54 Å². The molecule has 0 spiro atoms. The summed E-state index contributed by atoms with van der Waals surface area (Å²) in [4.78, 5) is 14.8. The Morgan fingerprint density at radius 3 is 3.05 bits per heavy atom. The minimum absolute atomic E-state index is 0.552. The minimum atomic E-state index is -0.786. The lowest BCUT2D eigenvalue weighted by molar-refractivity contribution is -0.144. The molecule has 1 unspecified atom stereocenters. The molecule has 2 heterocycles. The maximum atomic E-state index is 11.6. The van der Waals surface area contributed by atoms with Crippen molar-refractivity contribution >= 4 is 28.9 Å². The molecule has 2 aromatic rings. The molecule has 1 aromatic heterocycles. The molecule has 1 atom stereocenters. The summed E-state index contributed by atoms with van der Waals surface area (Å²) >= 11 is 7.64. The van der Waals surface area contributed by atoms with E-state index in [4.69, 9.17) is 11.6 Å². The third-order valence-corrected chi connectivity index (χ3v) is 4.81. The first-order valence-electron chi connectivity index (χ1n) is 6.43. The largest absolute Gasteiger partial charge is 0.480 e. The number of benzene rings is 1. The molecule has 1 aromatic carbocycles. The van der Waals surface area contributed by atoms with E-state index in [-0.39, 0.29) is 0 Å².